The Morgan fingerprint density at radius 2 is 1.60 bits per heavy atom. The number of carbonyl (C=O) groups is 1. The van der Waals surface area contributed by atoms with E-state index in [9.17, 15) is 4.79 Å². The van der Waals surface area contributed by atoms with E-state index in [0.29, 0.717) is 11.7 Å². The van der Waals surface area contributed by atoms with E-state index >= 15 is 0 Å². The zero-order valence-electron chi connectivity index (χ0n) is 17.0. The molecule has 30 heavy (non-hydrogen) atoms. The Labute approximate surface area is 175 Å². The number of hydrogen-bond donors (Lipinski definition) is 1. The quantitative estimate of drug-likeness (QED) is 0.706. The van der Waals surface area contributed by atoms with Crippen molar-refractivity contribution >= 4 is 28.2 Å². The van der Waals surface area contributed by atoms with Gasteiger partial charge in [0.2, 0.25) is 0 Å². The third kappa shape index (κ3) is 3.63. The lowest BCUT2D eigenvalue weighted by atomic mass is 10.1. The molecule has 2 aliphatic rings. The summed E-state index contributed by atoms with van der Waals surface area (Å²) < 4.78 is 5.25. The Kier molecular flexibility index (Phi) is 4.86. The number of nitrogens with zero attached hydrogens (tertiary/aromatic N) is 4. The van der Waals surface area contributed by atoms with Gasteiger partial charge in [-0.15, -0.1) is 10.2 Å². The topological polar surface area (TPSA) is 70.6 Å². The molecule has 1 saturated carbocycles. The molecule has 3 aromatic rings. The van der Waals surface area contributed by atoms with Crippen molar-refractivity contribution in [3.63, 3.8) is 0 Å². The standard InChI is InChI=1S/C23H25N5O2/c1-30-18-10-8-17(9-11-18)27-12-14-28(15-13-27)22-20-5-3-2-4-19(20)21(25-26-22)23(29)24-16-6-7-16/h2-5,8-11,16H,6-7,12-15H2,1H3,(H,24,29). The molecular weight excluding hydrogens is 378 g/mol. The highest BCUT2D eigenvalue weighted by molar-refractivity contribution is 6.07. The second kappa shape index (κ2) is 7.82. The zero-order valence-corrected chi connectivity index (χ0v) is 17.0. The average molecular weight is 403 g/mol. The van der Waals surface area contributed by atoms with Crippen LogP contribution in [0.2, 0.25) is 0 Å². The number of hydrogen-bond acceptors (Lipinski definition) is 6. The zero-order chi connectivity index (χ0) is 20.5. The highest BCUT2D eigenvalue weighted by Gasteiger charge is 2.27. The summed E-state index contributed by atoms with van der Waals surface area (Å²) in [5.74, 6) is 1.59. The number of amides is 1. The predicted molar refractivity (Wildman–Crippen MR) is 117 cm³/mol. The van der Waals surface area contributed by atoms with Gasteiger partial charge < -0.3 is 19.9 Å². The molecule has 7 nitrogen and oxygen atoms in total. The van der Waals surface area contributed by atoms with Crippen LogP contribution >= 0.6 is 0 Å². The Morgan fingerprint density at radius 3 is 2.27 bits per heavy atom. The molecule has 1 amide bonds. The number of ether oxygens (including phenoxy) is 1. The normalized spacial score (nSPS) is 16.6. The smallest absolute Gasteiger partial charge is 0.272 e. The summed E-state index contributed by atoms with van der Waals surface area (Å²) in [6.07, 6.45) is 2.10. The van der Waals surface area contributed by atoms with Crippen LogP contribution in [0.3, 0.4) is 0 Å². The van der Waals surface area contributed by atoms with E-state index in [2.05, 4.69) is 37.4 Å². The van der Waals surface area contributed by atoms with Crippen LogP contribution in [0.1, 0.15) is 23.3 Å². The van der Waals surface area contributed by atoms with Gasteiger partial charge in [0.1, 0.15) is 5.75 Å². The second-order valence-corrected chi connectivity index (χ2v) is 7.84. The lowest BCUT2D eigenvalue weighted by Gasteiger charge is -2.37. The van der Waals surface area contributed by atoms with Gasteiger partial charge in [-0.2, -0.15) is 0 Å². The molecule has 0 atom stereocenters. The summed E-state index contributed by atoms with van der Waals surface area (Å²) in [7, 11) is 1.68. The number of carbonyl (C=O) groups excluding carboxylic acids is 1. The van der Waals surface area contributed by atoms with Crippen molar-refractivity contribution < 1.29 is 9.53 Å². The van der Waals surface area contributed by atoms with Gasteiger partial charge in [0.05, 0.1) is 7.11 Å². The largest absolute Gasteiger partial charge is 0.497 e. The van der Waals surface area contributed by atoms with Crippen LogP contribution in [-0.4, -0.2) is 55.4 Å². The van der Waals surface area contributed by atoms with Crippen molar-refractivity contribution in [3.8, 4) is 5.75 Å². The van der Waals surface area contributed by atoms with E-state index in [0.717, 1.165) is 61.4 Å². The van der Waals surface area contributed by atoms with Crippen LogP contribution in [0.5, 0.6) is 5.75 Å². The lowest BCUT2D eigenvalue weighted by Crippen LogP contribution is -2.47. The maximum absolute atomic E-state index is 12.6. The fraction of sp³-hybridized carbons (Fsp3) is 0.348. The highest BCUT2D eigenvalue weighted by atomic mass is 16.5. The van der Waals surface area contributed by atoms with Crippen LogP contribution in [0.15, 0.2) is 48.5 Å². The predicted octanol–water partition coefficient (Wildman–Crippen LogP) is 2.86. The highest BCUT2D eigenvalue weighted by Crippen LogP contribution is 2.28. The molecule has 1 aliphatic heterocycles. The van der Waals surface area contributed by atoms with Crippen molar-refractivity contribution in [3.05, 3.63) is 54.2 Å². The molecule has 0 spiro atoms. The molecule has 2 aromatic carbocycles. The third-order valence-corrected chi connectivity index (χ3v) is 5.81. The van der Waals surface area contributed by atoms with E-state index < -0.39 is 0 Å². The summed E-state index contributed by atoms with van der Waals surface area (Å²) in [5, 5.41) is 13.7. The monoisotopic (exact) mass is 403 g/mol. The Hall–Kier alpha value is -3.35. The van der Waals surface area contributed by atoms with E-state index in [1.165, 1.54) is 5.69 Å². The van der Waals surface area contributed by atoms with Crippen LogP contribution in [0, 0.1) is 0 Å². The van der Waals surface area contributed by atoms with Gasteiger partial charge in [0.25, 0.3) is 5.91 Å². The van der Waals surface area contributed by atoms with Crippen molar-refractivity contribution in [2.45, 2.75) is 18.9 Å². The number of methoxy groups -OCH3 is 1. The number of nitrogens with one attached hydrogen (secondary N) is 1. The summed E-state index contributed by atoms with van der Waals surface area (Å²) in [6, 6.07) is 16.4. The molecule has 2 fully saturated rings. The van der Waals surface area contributed by atoms with Gasteiger partial charge in [0.15, 0.2) is 11.5 Å². The first kappa shape index (κ1) is 18.7. The molecule has 1 aliphatic carbocycles. The van der Waals surface area contributed by atoms with Crippen molar-refractivity contribution in [1.82, 2.24) is 15.5 Å². The minimum atomic E-state index is -0.128. The van der Waals surface area contributed by atoms with E-state index in [1.807, 2.05) is 36.4 Å². The molecule has 1 N–H and O–H groups in total. The number of anilines is 2. The molecule has 154 valence electrons. The van der Waals surface area contributed by atoms with Crippen molar-refractivity contribution in [1.29, 1.82) is 0 Å². The Balaban J connectivity index is 1.36. The summed E-state index contributed by atoms with van der Waals surface area (Å²) in [4.78, 5) is 17.2. The number of aromatic nitrogens is 2. The van der Waals surface area contributed by atoms with Gasteiger partial charge >= 0.3 is 0 Å². The van der Waals surface area contributed by atoms with Gasteiger partial charge in [-0.25, -0.2) is 0 Å². The minimum Gasteiger partial charge on any atom is -0.497 e. The summed E-state index contributed by atoms with van der Waals surface area (Å²) in [5.41, 5.74) is 1.61. The fourth-order valence-corrected chi connectivity index (χ4v) is 3.94. The lowest BCUT2D eigenvalue weighted by molar-refractivity contribution is 0.0947. The third-order valence-electron chi connectivity index (χ3n) is 5.81. The van der Waals surface area contributed by atoms with E-state index in [4.69, 9.17) is 4.74 Å². The Bertz CT molecular complexity index is 1060. The first-order valence-electron chi connectivity index (χ1n) is 10.4. The molecule has 0 unspecified atom stereocenters. The molecule has 1 aromatic heterocycles. The summed E-state index contributed by atoms with van der Waals surface area (Å²) in [6.45, 7) is 3.48. The van der Waals surface area contributed by atoms with Gasteiger partial charge in [0, 0.05) is 48.7 Å². The maximum Gasteiger partial charge on any atom is 0.272 e. The van der Waals surface area contributed by atoms with Gasteiger partial charge in [-0.1, -0.05) is 24.3 Å². The molecular formula is C23H25N5O2. The fourth-order valence-electron chi connectivity index (χ4n) is 3.94. The van der Waals surface area contributed by atoms with E-state index in [-0.39, 0.29) is 5.91 Å². The number of benzene rings is 2. The molecule has 2 heterocycles. The van der Waals surface area contributed by atoms with Crippen LogP contribution in [0.4, 0.5) is 11.5 Å². The number of fused-ring (bicyclic) bond motifs is 1. The van der Waals surface area contributed by atoms with Crippen molar-refractivity contribution in [2.24, 2.45) is 0 Å². The second-order valence-electron chi connectivity index (χ2n) is 7.84. The van der Waals surface area contributed by atoms with Crippen LogP contribution in [-0.2, 0) is 0 Å². The van der Waals surface area contributed by atoms with E-state index in [1.54, 1.807) is 7.11 Å². The molecule has 7 heteroatoms. The number of rotatable bonds is 5. The number of piperazine rings is 1. The first-order chi connectivity index (χ1) is 14.7. The maximum atomic E-state index is 12.6. The van der Waals surface area contributed by atoms with Crippen molar-refractivity contribution in [2.75, 3.05) is 43.1 Å². The van der Waals surface area contributed by atoms with Gasteiger partial charge in [-0.3, -0.25) is 4.79 Å². The molecule has 0 radical (unpaired) electrons. The first-order valence-corrected chi connectivity index (χ1v) is 10.4. The molecule has 0 bridgehead atoms. The summed E-state index contributed by atoms with van der Waals surface area (Å²) >= 11 is 0. The molecule has 1 saturated heterocycles. The molecule has 5 rings (SSSR count). The average Bonchev–Trinajstić information content (AvgIpc) is 3.62. The SMILES string of the molecule is COc1ccc(N2CCN(c3nnc(C(=O)NC4CC4)c4ccccc34)CC2)cc1. The van der Waals surface area contributed by atoms with Crippen LogP contribution < -0.4 is 19.9 Å². The minimum absolute atomic E-state index is 0.128. The van der Waals surface area contributed by atoms with Gasteiger partial charge in [-0.05, 0) is 37.1 Å². The Morgan fingerprint density at radius 1 is 0.933 bits per heavy atom. The van der Waals surface area contributed by atoms with Crippen LogP contribution in [0.25, 0.3) is 10.8 Å².